The van der Waals surface area contributed by atoms with E-state index in [4.69, 9.17) is 0 Å². The van der Waals surface area contributed by atoms with Crippen LogP contribution in [0.15, 0.2) is 24.5 Å². The molecule has 0 aliphatic heterocycles. The minimum atomic E-state index is 0.843. The van der Waals surface area contributed by atoms with Crippen LogP contribution < -0.4 is 5.32 Å². The fourth-order valence-corrected chi connectivity index (χ4v) is 1.71. The summed E-state index contributed by atoms with van der Waals surface area (Å²) in [6, 6.07) is 4.13. The minimum absolute atomic E-state index is 0.843. The van der Waals surface area contributed by atoms with Crippen molar-refractivity contribution in [2.45, 2.75) is 39.5 Å². The van der Waals surface area contributed by atoms with Crippen molar-refractivity contribution >= 4 is 0 Å². The minimum Gasteiger partial charge on any atom is -0.316 e. The van der Waals surface area contributed by atoms with E-state index < -0.39 is 0 Å². The molecular weight excluding hydrogens is 196 g/mol. The molecule has 1 N–H and O–H groups in total. The molecule has 0 aliphatic rings. The molecule has 0 aromatic carbocycles. The van der Waals surface area contributed by atoms with Crippen LogP contribution in [-0.2, 0) is 6.42 Å². The lowest BCUT2D eigenvalue weighted by atomic mass is 10.1. The number of aromatic nitrogens is 1. The molecule has 0 bridgehead atoms. The quantitative estimate of drug-likeness (QED) is 0.681. The number of hydrogen-bond acceptors (Lipinski definition) is 2. The SMILES string of the molecule is CC(C)CCCCNCCc1cccnc1. The van der Waals surface area contributed by atoms with E-state index in [2.05, 4.69) is 30.2 Å². The maximum absolute atomic E-state index is 4.10. The standard InChI is InChI=1S/C14H24N2/c1-13(2)6-3-4-9-15-11-8-14-7-5-10-16-12-14/h5,7,10,12-13,15H,3-4,6,8-9,11H2,1-2H3. The Labute approximate surface area is 99.5 Å². The van der Waals surface area contributed by atoms with Gasteiger partial charge in [0.25, 0.3) is 0 Å². The molecule has 90 valence electrons. The van der Waals surface area contributed by atoms with E-state index in [1.807, 2.05) is 18.5 Å². The van der Waals surface area contributed by atoms with Crippen LogP contribution in [0.25, 0.3) is 0 Å². The number of nitrogens with one attached hydrogen (secondary N) is 1. The number of unbranched alkanes of at least 4 members (excludes halogenated alkanes) is 1. The maximum Gasteiger partial charge on any atom is 0.0300 e. The molecule has 0 saturated carbocycles. The molecule has 0 atom stereocenters. The molecule has 0 spiro atoms. The lowest BCUT2D eigenvalue weighted by Crippen LogP contribution is -2.18. The molecule has 2 heteroatoms. The summed E-state index contributed by atoms with van der Waals surface area (Å²) in [5, 5.41) is 3.48. The first kappa shape index (κ1) is 13.2. The Morgan fingerprint density at radius 2 is 2.12 bits per heavy atom. The largest absolute Gasteiger partial charge is 0.316 e. The van der Waals surface area contributed by atoms with E-state index in [0.717, 1.165) is 25.4 Å². The second-order valence-corrected chi connectivity index (χ2v) is 4.75. The normalized spacial score (nSPS) is 10.9. The molecule has 0 aliphatic carbocycles. The van der Waals surface area contributed by atoms with E-state index in [-0.39, 0.29) is 0 Å². The van der Waals surface area contributed by atoms with Crippen molar-refractivity contribution in [1.29, 1.82) is 0 Å². The average Bonchev–Trinajstić information content (AvgIpc) is 2.29. The van der Waals surface area contributed by atoms with Crippen molar-refractivity contribution < 1.29 is 0 Å². The van der Waals surface area contributed by atoms with E-state index in [0.29, 0.717) is 0 Å². The van der Waals surface area contributed by atoms with Crippen LogP contribution in [0.3, 0.4) is 0 Å². The Bertz CT molecular complexity index is 257. The van der Waals surface area contributed by atoms with Crippen LogP contribution in [0, 0.1) is 5.92 Å². The molecule has 1 rings (SSSR count). The van der Waals surface area contributed by atoms with Crippen molar-refractivity contribution in [1.82, 2.24) is 10.3 Å². The zero-order valence-corrected chi connectivity index (χ0v) is 10.6. The molecule has 0 radical (unpaired) electrons. The van der Waals surface area contributed by atoms with Gasteiger partial charge in [0.1, 0.15) is 0 Å². The van der Waals surface area contributed by atoms with E-state index in [1.54, 1.807) is 0 Å². The van der Waals surface area contributed by atoms with Crippen molar-refractivity contribution in [3.05, 3.63) is 30.1 Å². The summed E-state index contributed by atoms with van der Waals surface area (Å²) >= 11 is 0. The highest BCUT2D eigenvalue weighted by molar-refractivity contribution is 5.08. The van der Waals surface area contributed by atoms with Gasteiger partial charge < -0.3 is 5.32 Å². The third kappa shape index (κ3) is 6.57. The fraction of sp³-hybridized carbons (Fsp3) is 0.643. The predicted molar refractivity (Wildman–Crippen MR) is 69.5 cm³/mol. The predicted octanol–water partition coefficient (Wildman–Crippen LogP) is 3.04. The number of pyridine rings is 1. The van der Waals surface area contributed by atoms with Crippen LogP contribution in [0.5, 0.6) is 0 Å². The van der Waals surface area contributed by atoms with E-state index in [1.165, 1.54) is 24.8 Å². The van der Waals surface area contributed by atoms with Crippen LogP contribution >= 0.6 is 0 Å². The second-order valence-electron chi connectivity index (χ2n) is 4.75. The Kier molecular flexibility index (Phi) is 6.82. The summed E-state index contributed by atoms with van der Waals surface area (Å²) in [6.07, 6.45) is 8.84. The molecule has 0 saturated heterocycles. The summed E-state index contributed by atoms with van der Waals surface area (Å²) in [6.45, 7) is 6.78. The van der Waals surface area contributed by atoms with Gasteiger partial charge in [0.05, 0.1) is 0 Å². The van der Waals surface area contributed by atoms with Gasteiger partial charge in [-0.2, -0.15) is 0 Å². The van der Waals surface area contributed by atoms with Gasteiger partial charge in [0, 0.05) is 12.4 Å². The highest BCUT2D eigenvalue weighted by Crippen LogP contribution is 2.05. The highest BCUT2D eigenvalue weighted by Gasteiger charge is 1.94. The van der Waals surface area contributed by atoms with Gasteiger partial charge in [-0.1, -0.05) is 32.8 Å². The van der Waals surface area contributed by atoms with Crippen LogP contribution in [0.2, 0.25) is 0 Å². The Balaban J connectivity index is 1.93. The van der Waals surface area contributed by atoms with Gasteiger partial charge >= 0.3 is 0 Å². The lowest BCUT2D eigenvalue weighted by molar-refractivity contribution is 0.521. The Hall–Kier alpha value is -0.890. The van der Waals surface area contributed by atoms with Crippen LogP contribution in [-0.4, -0.2) is 18.1 Å². The Morgan fingerprint density at radius 3 is 2.81 bits per heavy atom. The fourth-order valence-electron chi connectivity index (χ4n) is 1.71. The molecule has 1 aromatic heterocycles. The molecule has 16 heavy (non-hydrogen) atoms. The van der Waals surface area contributed by atoms with Gasteiger partial charge in [-0.15, -0.1) is 0 Å². The zero-order chi connectivity index (χ0) is 11.6. The van der Waals surface area contributed by atoms with Crippen molar-refractivity contribution in [2.75, 3.05) is 13.1 Å². The first-order valence-electron chi connectivity index (χ1n) is 6.38. The highest BCUT2D eigenvalue weighted by atomic mass is 14.8. The van der Waals surface area contributed by atoms with Crippen molar-refractivity contribution in [3.63, 3.8) is 0 Å². The molecule has 0 amide bonds. The molecule has 1 aromatic rings. The first-order valence-corrected chi connectivity index (χ1v) is 6.38. The first-order chi connectivity index (χ1) is 7.79. The van der Waals surface area contributed by atoms with E-state index >= 15 is 0 Å². The van der Waals surface area contributed by atoms with Crippen LogP contribution in [0.4, 0.5) is 0 Å². The van der Waals surface area contributed by atoms with Crippen LogP contribution in [0.1, 0.15) is 38.7 Å². The third-order valence-electron chi connectivity index (χ3n) is 2.70. The molecule has 0 fully saturated rings. The molecule has 1 heterocycles. The summed E-state index contributed by atoms with van der Waals surface area (Å²) in [7, 11) is 0. The van der Waals surface area contributed by atoms with Crippen molar-refractivity contribution in [2.24, 2.45) is 5.92 Å². The topological polar surface area (TPSA) is 24.9 Å². The lowest BCUT2D eigenvalue weighted by Gasteiger charge is -2.06. The zero-order valence-electron chi connectivity index (χ0n) is 10.6. The monoisotopic (exact) mass is 220 g/mol. The average molecular weight is 220 g/mol. The number of nitrogens with zero attached hydrogens (tertiary/aromatic N) is 1. The summed E-state index contributed by atoms with van der Waals surface area (Å²) in [5.41, 5.74) is 1.32. The summed E-state index contributed by atoms with van der Waals surface area (Å²) < 4.78 is 0. The third-order valence-corrected chi connectivity index (χ3v) is 2.70. The van der Waals surface area contributed by atoms with Gasteiger partial charge in [-0.3, -0.25) is 4.98 Å². The smallest absolute Gasteiger partial charge is 0.0300 e. The van der Waals surface area contributed by atoms with E-state index in [9.17, 15) is 0 Å². The maximum atomic E-state index is 4.10. The molecule has 0 unspecified atom stereocenters. The van der Waals surface area contributed by atoms with Crippen molar-refractivity contribution in [3.8, 4) is 0 Å². The molecular formula is C14H24N2. The number of hydrogen-bond donors (Lipinski definition) is 1. The van der Waals surface area contributed by atoms with Gasteiger partial charge in [-0.25, -0.2) is 0 Å². The second kappa shape index (κ2) is 8.28. The number of rotatable bonds is 8. The van der Waals surface area contributed by atoms with Gasteiger partial charge in [-0.05, 0) is 43.5 Å². The summed E-state index contributed by atoms with van der Waals surface area (Å²) in [4.78, 5) is 4.10. The van der Waals surface area contributed by atoms with Gasteiger partial charge in [0.2, 0.25) is 0 Å². The Morgan fingerprint density at radius 1 is 1.25 bits per heavy atom. The van der Waals surface area contributed by atoms with Gasteiger partial charge in [0.15, 0.2) is 0 Å². The molecule has 2 nitrogen and oxygen atoms in total. The summed E-state index contributed by atoms with van der Waals surface area (Å²) in [5.74, 6) is 0.843.